The number of hydrogen-bond donors (Lipinski definition) is 3. The fourth-order valence-electron chi connectivity index (χ4n) is 2.58. The van der Waals surface area contributed by atoms with E-state index >= 15 is 0 Å². The Bertz CT molecular complexity index is 495. The van der Waals surface area contributed by atoms with Crippen LogP contribution in [0.25, 0.3) is 0 Å². The molecule has 1 amide bonds. The summed E-state index contributed by atoms with van der Waals surface area (Å²) >= 11 is 1.42. The Morgan fingerprint density at radius 1 is 1.38 bits per heavy atom. The van der Waals surface area contributed by atoms with Crippen molar-refractivity contribution >= 4 is 28.3 Å². The lowest BCUT2D eigenvalue weighted by atomic mass is 9.82. The van der Waals surface area contributed by atoms with Gasteiger partial charge in [0.05, 0.1) is 18.2 Å². The first kappa shape index (κ1) is 15.9. The van der Waals surface area contributed by atoms with E-state index in [-0.39, 0.29) is 18.4 Å². The van der Waals surface area contributed by atoms with Gasteiger partial charge >= 0.3 is 5.97 Å². The first-order chi connectivity index (χ1) is 10.0. The predicted molar refractivity (Wildman–Crippen MR) is 81.4 cm³/mol. The number of nitrogens with one attached hydrogen (secondary N) is 2. The van der Waals surface area contributed by atoms with Crippen molar-refractivity contribution in [1.82, 2.24) is 10.3 Å². The van der Waals surface area contributed by atoms with Crippen LogP contribution in [-0.4, -0.2) is 35.1 Å². The molecule has 0 saturated heterocycles. The van der Waals surface area contributed by atoms with Crippen molar-refractivity contribution in [2.24, 2.45) is 11.8 Å². The SMILES string of the molecule is Cc1csc(NC(=O)CNCC2CCC(C(=O)O)CC2)n1. The summed E-state index contributed by atoms with van der Waals surface area (Å²) in [6.07, 6.45) is 3.31. The monoisotopic (exact) mass is 311 g/mol. The maximum atomic E-state index is 11.7. The molecule has 1 heterocycles. The first-order valence-electron chi connectivity index (χ1n) is 7.20. The summed E-state index contributed by atoms with van der Waals surface area (Å²) in [7, 11) is 0. The lowest BCUT2D eigenvalue weighted by Gasteiger charge is -2.26. The molecule has 1 aromatic heterocycles. The summed E-state index contributed by atoms with van der Waals surface area (Å²) in [6, 6.07) is 0. The summed E-state index contributed by atoms with van der Waals surface area (Å²) in [6.45, 7) is 2.91. The highest BCUT2D eigenvalue weighted by Gasteiger charge is 2.25. The van der Waals surface area contributed by atoms with Gasteiger partial charge in [0.1, 0.15) is 0 Å². The molecule has 1 aliphatic rings. The van der Waals surface area contributed by atoms with Crippen LogP contribution in [0.5, 0.6) is 0 Å². The van der Waals surface area contributed by atoms with Crippen LogP contribution >= 0.6 is 11.3 Å². The molecule has 3 N–H and O–H groups in total. The smallest absolute Gasteiger partial charge is 0.306 e. The number of carboxylic acid groups (broad SMARTS) is 1. The van der Waals surface area contributed by atoms with Gasteiger partial charge in [0.25, 0.3) is 0 Å². The topological polar surface area (TPSA) is 91.3 Å². The van der Waals surface area contributed by atoms with E-state index in [4.69, 9.17) is 5.11 Å². The molecule has 0 atom stereocenters. The third-order valence-electron chi connectivity index (χ3n) is 3.78. The Labute approximate surface area is 128 Å². The predicted octanol–water partition coefficient (Wildman–Crippen LogP) is 1.87. The van der Waals surface area contributed by atoms with E-state index in [9.17, 15) is 9.59 Å². The van der Waals surface area contributed by atoms with Crippen LogP contribution in [0.1, 0.15) is 31.4 Å². The zero-order valence-corrected chi connectivity index (χ0v) is 12.9. The van der Waals surface area contributed by atoms with E-state index in [1.165, 1.54) is 11.3 Å². The summed E-state index contributed by atoms with van der Waals surface area (Å²) in [4.78, 5) is 26.8. The molecule has 0 spiro atoms. The van der Waals surface area contributed by atoms with Crippen LogP contribution in [0.15, 0.2) is 5.38 Å². The number of amides is 1. The van der Waals surface area contributed by atoms with Crippen LogP contribution in [-0.2, 0) is 9.59 Å². The van der Waals surface area contributed by atoms with Crippen LogP contribution in [0.4, 0.5) is 5.13 Å². The number of carbonyl (C=O) groups is 2. The number of carbonyl (C=O) groups excluding carboxylic acids is 1. The molecule has 0 bridgehead atoms. The molecule has 1 fully saturated rings. The Balaban J connectivity index is 1.61. The molecule has 0 aliphatic heterocycles. The van der Waals surface area contributed by atoms with Gasteiger partial charge in [-0.3, -0.25) is 9.59 Å². The van der Waals surface area contributed by atoms with E-state index in [1.54, 1.807) is 0 Å². The molecule has 0 radical (unpaired) electrons. The lowest BCUT2D eigenvalue weighted by molar-refractivity contribution is -0.143. The first-order valence-corrected chi connectivity index (χ1v) is 8.08. The number of nitrogens with zero attached hydrogens (tertiary/aromatic N) is 1. The molecule has 6 nitrogen and oxygen atoms in total. The maximum Gasteiger partial charge on any atom is 0.306 e. The normalized spacial score (nSPS) is 22.0. The average molecular weight is 311 g/mol. The van der Waals surface area contributed by atoms with Gasteiger partial charge in [-0.05, 0) is 45.1 Å². The minimum Gasteiger partial charge on any atom is -0.481 e. The third-order valence-corrected chi connectivity index (χ3v) is 4.66. The van der Waals surface area contributed by atoms with Gasteiger partial charge in [-0.2, -0.15) is 0 Å². The van der Waals surface area contributed by atoms with Crippen LogP contribution in [0.3, 0.4) is 0 Å². The van der Waals surface area contributed by atoms with Gasteiger partial charge in [-0.1, -0.05) is 0 Å². The Kier molecular flexibility index (Phi) is 5.69. The molecule has 7 heteroatoms. The van der Waals surface area contributed by atoms with Crippen molar-refractivity contribution in [2.45, 2.75) is 32.6 Å². The molecule has 116 valence electrons. The number of carboxylic acids is 1. The average Bonchev–Trinajstić information content (AvgIpc) is 2.84. The van der Waals surface area contributed by atoms with E-state index in [0.717, 1.165) is 37.9 Å². The molecule has 1 aromatic rings. The Morgan fingerprint density at radius 3 is 2.67 bits per heavy atom. The second-order valence-corrected chi connectivity index (χ2v) is 6.39. The lowest BCUT2D eigenvalue weighted by Crippen LogP contribution is -2.33. The van der Waals surface area contributed by atoms with Gasteiger partial charge < -0.3 is 15.7 Å². The molecule has 1 aliphatic carbocycles. The summed E-state index contributed by atoms with van der Waals surface area (Å²) in [5.41, 5.74) is 0.901. The van der Waals surface area contributed by atoms with Crippen molar-refractivity contribution in [1.29, 1.82) is 0 Å². The highest BCUT2D eigenvalue weighted by molar-refractivity contribution is 7.13. The van der Waals surface area contributed by atoms with Crippen molar-refractivity contribution in [2.75, 3.05) is 18.4 Å². The number of hydrogen-bond acceptors (Lipinski definition) is 5. The van der Waals surface area contributed by atoms with Crippen LogP contribution in [0, 0.1) is 18.8 Å². The van der Waals surface area contributed by atoms with Crippen molar-refractivity contribution < 1.29 is 14.7 Å². The zero-order chi connectivity index (χ0) is 15.2. The number of rotatable bonds is 6. The third kappa shape index (κ3) is 5.09. The molecule has 21 heavy (non-hydrogen) atoms. The van der Waals surface area contributed by atoms with Gasteiger partial charge in [0.2, 0.25) is 5.91 Å². The van der Waals surface area contributed by atoms with Gasteiger partial charge in [-0.25, -0.2) is 4.98 Å². The van der Waals surface area contributed by atoms with E-state index in [0.29, 0.717) is 11.0 Å². The van der Waals surface area contributed by atoms with Crippen molar-refractivity contribution in [3.8, 4) is 0 Å². The largest absolute Gasteiger partial charge is 0.481 e. The van der Waals surface area contributed by atoms with Crippen LogP contribution in [0.2, 0.25) is 0 Å². The summed E-state index contributed by atoms with van der Waals surface area (Å²) in [5.74, 6) is -0.490. The van der Waals surface area contributed by atoms with Gasteiger partial charge in [0.15, 0.2) is 5.13 Å². The standard InChI is InChI=1S/C14H21N3O3S/c1-9-8-21-14(16-9)17-12(18)7-15-6-10-2-4-11(5-3-10)13(19)20/h8,10-11,15H,2-7H2,1H3,(H,19,20)(H,16,17,18). The number of thiazole rings is 1. The number of aryl methyl sites for hydroxylation is 1. The summed E-state index contributed by atoms with van der Waals surface area (Å²) < 4.78 is 0. The molecular weight excluding hydrogens is 290 g/mol. The van der Waals surface area contributed by atoms with Gasteiger partial charge in [0, 0.05) is 5.38 Å². The van der Waals surface area contributed by atoms with E-state index in [1.807, 2.05) is 12.3 Å². The highest BCUT2D eigenvalue weighted by Crippen LogP contribution is 2.28. The molecular formula is C14H21N3O3S. The van der Waals surface area contributed by atoms with E-state index < -0.39 is 5.97 Å². The van der Waals surface area contributed by atoms with E-state index in [2.05, 4.69) is 15.6 Å². The van der Waals surface area contributed by atoms with Crippen molar-refractivity contribution in [3.05, 3.63) is 11.1 Å². The maximum absolute atomic E-state index is 11.7. The minimum atomic E-state index is -0.681. The Morgan fingerprint density at radius 2 is 2.10 bits per heavy atom. The highest BCUT2D eigenvalue weighted by atomic mass is 32.1. The fraction of sp³-hybridized carbons (Fsp3) is 0.643. The number of aromatic nitrogens is 1. The van der Waals surface area contributed by atoms with Crippen LogP contribution < -0.4 is 10.6 Å². The Hall–Kier alpha value is -1.47. The minimum absolute atomic E-state index is 0.0939. The quantitative estimate of drug-likeness (QED) is 0.746. The second kappa shape index (κ2) is 7.51. The summed E-state index contributed by atoms with van der Waals surface area (Å²) in [5, 5.41) is 17.4. The fourth-order valence-corrected chi connectivity index (χ4v) is 3.28. The molecule has 1 saturated carbocycles. The second-order valence-electron chi connectivity index (χ2n) is 5.53. The molecule has 0 aromatic carbocycles. The molecule has 0 unspecified atom stereocenters. The zero-order valence-electron chi connectivity index (χ0n) is 12.1. The number of anilines is 1. The number of aliphatic carboxylic acids is 1. The van der Waals surface area contributed by atoms with Gasteiger partial charge in [-0.15, -0.1) is 11.3 Å². The van der Waals surface area contributed by atoms with Crippen molar-refractivity contribution in [3.63, 3.8) is 0 Å². The molecule has 2 rings (SSSR count).